The molecule has 1 N–H and O–H groups in total. The van der Waals surface area contributed by atoms with Crippen LogP contribution >= 0.6 is 0 Å². The summed E-state index contributed by atoms with van der Waals surface area (Å²) in [6, 6.07) is 4.03. The van der Waals surface area contributed by atoms with Crippen molar-refractivity contribution in [3.63, 3.8) is 0 Å². The van der Waals surface area contributed by atoms with Gasteiger partial charge in [0, 0.05) is 31.0 Å². The molecule has 1 aromatic rings. The molecule has 2 heterocycles. The average molecular weight is 338 g/mol. The molecule has 1 aliphatic heterocycles. The Balaban J connectivity index is 1.67. The molecular formula is C18H21F3N2O. The van der Waals surface area contributed by atoms with Crippen molar-refractivity contribution in [2.24, 2.45) is 0 Å². The van der Waals surface area contributed by atoms with Crippen molar-refractivity contribution in [2.45, 2.75) is 44.3 Å². The van der Waals surface area contributed by atoms with E-state index in [-0.39, 0.29) is 12.8 Å². The van der Waals surface area contributed by atoms with Gasteiger partial charge in [0.1, 0.15) is 5.82 Å². The van der Waals surface area contributed by atoms with E-state index in [1.54, 1.807) is 18.3 Å². The summed E-state index contributed by atoms with van der Waals surface area (Å²) in [5, 5.41) is 3.35. The second kappa shape index (κ2) is 7.38. The number of rotatable bonds is 4. The Hall–Kier alpha value is -1.82. The molecule has 0 amide bonds. The van der Waals surface area contributed by atoms with Crippen LogP contribution in [0, 0.1) is 0 Å². The van der Waals surface area contributed by atoms with Crippen molar-refractivity contribution in [3.8, 4) is 0 Å². The topological polar surface area (TPSA) is 34.1 Å². The number of anilines is 1. The highest BCUT2D eigenvalue weighted by atomic mass is 19.4. The maximum absolute atomic E-state index is 13.1. The van der Waals surface area contributed by atoms with Gasteiger partial charge in [-0.25, -0.2) is 4.98 Å². The van der Waals surface area contributed by atoms with Gasteiger partial charge in [-0.15, -0.1) is 0 Å². The van der Waals surface area contributed by atoms with Gasteiger partial charge in [0.15, 0.2) is 0 Å². The van der Waals surface area contributed by atoms with Crippen molar-refractivity contribution in [3.05, 3.63) is 47.2 Å². The van der Waals surface area contributed by atoms with Crippen LogP contribution in [0.4, 0.5) is 19.0 Å². The number of alkyl halides is 3. The zero-order valence-electron chi connectivity index (χ0n) is 13.4. The SMILES string of the molecule is FC(F)(F)C1=C(Cc2ccc(NC3CCOCC3)nc2)C=CCC1. The molecular weight excluding hydrogens is 317 g/mol. The van der Waals surface area contributed by atoms with Gasteiger partial charge in [-0.2, -0.15) is 13.2 Å². The number of halogens is 3. The Bertz CT molecular complexity index is 614. The number of hydrogen-bond donors (Lipinski definition) is 1. The van der Waals surface area contributed by atoms with Crippen molar-refractivity contribution in [2.75, 3.05) is 18.5 Å². The summed E-state index contributed by atoms with van der Waals surface area (Å²) < 4.78 is 44.6. The number of nitrogens with one attached hydrogen (secondary N) is 1. The third-order valence-electron chi connectivity index (χ3n) is 4.40. The lowest BCUT2D eigenvalue weighted by atomic mass is 9.93. The highest BCUT2D eigenvalue weighted by Crippen LogP contribution is 2.35. The molecule has 0 unspecified atom stereocenters. The van der Waals surface area contributed by atoms with Crippen LogP contribution in [0.15, 0.2) is 41.6 Å². The van der Waals surface area contributed by atoms with E-state index in [1.165, 1.54) is 0 Å². The smallest absolute Gasteiger partial charge is 0.381 e. The van der Waals surface area contributed by atoms with Crippen LogP contribution < -0.4 is 5.32 Å². The van der Waals surface area contributed by atoms with Crippen LogP contribution in [0.5, 0.6) is 0 Å². The average Bonchev–Trinajstić information content (AvgIpc) is 2.57. The standard InChI is InChI=1S/C18H21F3N2O/c19-18(20,21)16-4-2-1-3-14(16)11-13-5-6-17(22-12-13)23-15-7-9-24-10-8-15/h1,3,5-6,12,15H,2,4,7-11H2,(H,22,23). The van der Waals surface area contributed by atoms with Crippen molar-refractivity contribution < 1.29 is 17.9 Å². The Kier molecular flexibility index (Phi) is 5.23. The molecule has 0 saturated carbocycles. The molecule has 130 valence electrons. The number of aromatic nitrogens is 1. The Labute approximate surface area is 139 Å². The number of allylic oxidation sites excluding steroid dienone is 4. The zero-order chi connectivity index (χ0) is 17.0. The monoisotopic (exact) mass is 338 g/mol. The minimum Gasteiger partial charge on any atom is -0.381 e. The van der Waals surface area contributed by atoms with Gasteiger partial charge in [-0.1, -0.05) is 18.2 Å². The normalized spacial score (nSPS) is 19.6. The Morgan fingerprint density at radius 2 is 2.00 bits per heavy atom. The first-order valence-electron chi connectivity index (χ1n) is 8.27. The summed E-state index contributed by atoms with van der Waals surface area (Å²) in [5.74, 6) is 0.759. The third kappa shape index (κ3) is 4.38. The first kappa shape index (κ1) is 17.0. The second-order valence-corrected chi connectivity index (χ2v) is 6.20. The summed E-state index contributed by atoms with van der Waals surface area (Å²) in [7, 11) is 0. The minimum atomic E-state index is -4.25. The van der Waals surface area contributed by atoms with Gasteiger partial charge in [0.05, 0.1) is 0 Å². The van der Waals surface area contributed by atoms with E-state index in [0.717, 1.165) is 37.4 Å². The number of nitrogens with zero attached hydrogens (tertiary/aromatic N) is 1. The Morgan fingerprint density at radius 3 is 2.67 bits per heavy atom. The fraction of sp³-hybridized carbons (Fsp3) is 0.500. The largest absolute Gasteiger partial charge is 0.412 e. The summed E-state index contributed by atoms with van der Waals surface area (Å²) in [5.41, 5.74) is 0.728. The third-order valence-corrected chi connectivity index (χ3v) is 4.40. The fourth-order valence-electron chi connectivity index (χ4n) is 3.09. The molecule has 1 fully saturated rings. The lowest BCUT2D eigenvalue weighted by Crippen LogP contribution is -2.28. The van der Waals surface area contributed by atoms with E-state index in [0.29, 0.717) is 18.0 Å². The first-order valence-corrected chi connectivity index (χ1v) is 8.27. The fourth-order valence-corrected chi connectivity index (χ4v) is 3.09. The molecule has 0 bridgehead atoms. The van der Waals surface area contributed by atoms with Gasteiger partial charge in [-0.05, 0) is 49.3 Å². The minimum absolute atomic E-state index is 0.0617. The highest BCUT2D eigenvalue weighted by molar-refractivity contribution is 5.40. The number of hydrogen-bond acceptors (Lipinski definition) is 3. The lowest BCUT2D eigenvalue weighted by molar-refractivity contribution is -0.0948. The molecule has 6 heteroatoms. The second-order valence-electron chi connectivity index (χ2n) is 6.20. The van der Waals surface area contributed by atoms with Crippen molar-refractivity contribution in [1.29, 1.82) is 0 Å². The van der Waals surface area contributed by atoms with Crippen molar-refractivity contribution in [1.82, 2.24) is 4.98 Å². The molecule has 0 spiro atoms. The van der Waals surface area contributed by atoms with E-state index in [4.69, 9.17) is 4.74 Å². The van der Waals surface area contributed by atoms with Crippen LogP contribution in [-0.2, 0) is 11.2 Å². The maximum Gasteiger partial charge on any atom is 0.412 e. The van der Waals surface area contributed by atoms with Gasteiger partial charge < -0.3 is 10.1 Å². The van der Waals surface area contributed by atoms with Crippen LogP contribution in [0.3, 0.4) is 0 Å². The molecule has 24 heavy (non-hydrogen) atoms. The molecule has 1 saturated heterocycles. The number of ether oxygens (including phenoxy) is 1. The van der Waals surface area contributed by atoms with Gasteiger partial charge >= 0.3 is 6.18 Å². The van der Waals surface area contributed by atoms with Crippen LogP contribution in [0.2, 0.25) is 0 Å². The Morgan fingerprint density at radius 1 is 1.21 bits per heavy atom. The van der Waals surface area contributed by atoms with Crippen molar-refractivity contribution >= 4 is 5.82 Å². The van der Waals surface area contributed by atoms with Gasteiger partial charge in [0.2, 0.25) is 0 Å². The zero-order valence-corrected chi connectivity index (χ0v) is 13.4. The van der Waals surface area contributed by atoms with Gasteiger partial charge in [0.25, 0.3) is 0 Å². The highest BCUT2D eigenvalue weighted by Gasteiger charge is 2.35. The maximum atomic E-state index is 13.1. The molecule has 0 radical (unpaired) electrons. The number of pyridine rings is 1. The summed E-state index contributed by atoms with van der Waals surface area (Å²) in [4.78, 5) is 4.35. The summed E-state index contributed by atoms with van der Waals surface area (Å²) in [6.45, 7) is 1.49. The predicted octanol–water partition coefficient (Wildman–Crippen LogP) is 4.42. The van der Waals surface area contributed by atoms with E-state index in [1.807, 2.05) is 12.1 Å². The molecule has 1 aromatic heterocycles. The summed E-state index contributed by atoms with van der Waals surface area (Å²) in [6.07, 6.45) is 3.46. The van der Waals surface area contributed by atoms with Gasteiger partial charge in [-0.3, -0.25) is 0 Å². The molecule has 0 atom stereocenters. The first-order chi connectivity index (χ1) is 11.5. The quantitative estimate of drug-likeness (QED) is 0.882. The molecule has 2 aliphatic rings. The van der Waals surface area contributed by atoms with E-state index in [2.05, 4.69) is 10.3 Å². The molecule has 3 nitrogen and oxygen atoms in total. The van der Waals surface area contributed by atoms with E-state index in [9.17, 15) is 13.2 Å². The lowest BCUT2D eigenvalue weighted by Gasteiger charge is -2.23. The molecule has 1 aliphatic carbocycles. The predicted molar refractivity (Wildman–Crippen MR) is 86.9 cm³/mol. The summed E-state index contributed by atoms with van der Waals surface area (Å²) >= 11 is 0. The van der Waals surface area contributed by atoms with Crippen LogP contribution in [0.25, 0.3) is 0 Å². The van der Waals surface area contributed by atoms with Crippen LogP contribution in [-0.4, -0.2) is 30.4 Å². The van der Waals surface area contributed by atoms with Crippen LogP contribution in [0.1, 0.15) is 31.2 Å². The van der Waals surface area contributed by atoms with E-state index >= 15 is 0 Å². The van der Waals surface area contributed by atoms with E-state index < -0.39 is 11.7 Å². The molecule has 3 rings (SSSR count). The molecule has 0 aromatic carbocycles.